The molecule has 2 aliphatic carbocycles. The molecule has 1 saturated heterocycles. The first-order valence-electron chi connectivity index (χ1n) is 28.4. The molecule has 0 saturated carbocycles. The second-order valence-corrected chi connectivity index (χ2v) is 23.1. The molecule has 1 fully saturated rings. The number of hydrogen-bond donors (Lipinski definition) is 0. The van der Waals surface area contributed by atoms with Gasteiger partial charge in [0, 0.05) is 37.9 Å². The molecule has 0 radical (unpaired) electrons. The molecule has 8 nitrogen and oxygen atoms in total. The van der Waals surface area contributed by atoms with Crippen molar-refractivity contribution in [2.75, 3.05) is 0 Å². The summed E-state index contributed by atoms with van der Waals surface area (Å²) in [7, 11) is -0.445. The normalized spacial score (nSPS) is 13.6. The van der Waals surface area contributed by atoms with Crippen LogP contribution in [0.15, 0.2) is 259 Å². The van der Waals surface area contributed by atoms with Crippen LogP contribution < -0.4 is 5.46 Å². The summed E-state index contributed by atoms with van der Waals surface area (Å²) in [6, 6.07) is 87.3. The second-order valence-electron chi connectivity index (χ2n) is 22.2. The Morgan fingerprint density at radius 3 is 1.09 bits per heavy atom. The lowest BCUT2D eigenvalue weighted by atomic mass is 9.78. The monoisotopic (exact) mass is 1190 g/mol. The lowest BCUT2D eigenvalue weighted by Crippen LogP contribution is -2.41. The van der Waals surface area contributed by atoms with Crippen molar-refractivity contribution in [2.24, 2.45) is 0 Å². The minimum Gasteiger partial charge on any atom is -0.399 e. The quantitative estimate of drug-likeness (QED) is 0.110. The Morgan fingerprint density at radius 2 is 0.635 bits per heavy atom. The maximum atomic E-state index is 6.25. The van der Waals surface area contributed by atoms with Crippen molar-refractivity contribution in [3.63, 3.8) is 0 Å². The fourth-order valence-corrected chi connectivity index (χ4v) is 11.4. The molecule has 0 N–H and O–H groups in total. The second kappa shape index (κ2) is 24.4. The van der Waals surface area contributed by atoms with Crippen LogP contribution in [-0.2, 0) is 22.2 Å². The molecular formula is C74H61BBrN6O2P. The summed E-state index contributed by atoms with van der Waals surface area (Å²) < 4.78 is 13.7. The number of fused-ring (bicyclic) bond motifs is 6. The van der Waals surface area contributed by atoms with E-state index >= 15 is 0 Å². The van der Waals surface area contributed by atoms with Crippen molar-refractivity contribution in [2.45, 2.75) is 51.7 Å². The highest BCUT2D eigenvalue weighted by atomic mass is 79.9. The Kier molecular flexibility index (Phi) is 16.2. The van der Waals surface area contributed by atoms with E-state index in [9.17, 15) is 0 Å². The fraction of sp³-hybridized carbons (Fsp3) is 0.108. The third-order valence-electron chi connectivity index (χ3n) is 16.1. The highest BCUT2D eigenvalue weighted by Gasteiger charge is 2.51. The average Bonchev–Trinajstić information content (AvgIpc) is 3.61. The molecule has 1 aliphatic heterocycles. The van der Waals surface area contributed by atoms with Gasteiger partial charge in [0.15, 0.2) is 34.9 Å². The number of hydrogen-bond acceptors (Lipinski definition) is 8. The van der Waals surface area contributed by atoms with Gasteiger partial charge in [0.1, 0.15) is 0 Å². The smallest absolute Gasteiger partial charge is 0.399 e. The predicted molar refractivity (Wildman–Crippen MR) is 355 cm³/mol. The maximum Gasteiger partial charge on any atom is 0.494 e. The zero-order valence-electron chi connectivity index (χ0n) is 47.8. The molecular weight excluding hydrogens is 1130 g/mol. The third-order valence-corrected chi connectivity index (χ3v) is 16.6. The molecule has 10 aromatic carbocycles. The lowest BCUT2D eigenvalue weighted by Gasteiger charge is -2.32. The van der Waals surface area contributed by atoms with E-state index in [0.29, 0.717) is 34.9 Å². The molecule has 3 heterocycles. The molecule has 414 valence electrons. The van der Waals surface area contributed by atoms with Gasteiger partial charge in [-0.3, -0.25) is 0 Å². The van der Waals surface area contributed by atoms with Crippen LogP contribution in [-0.4, -0.2) is 48.2 Å². The summed E-state index contributed by atoms with van der Waals surface area (Å²) in [5.41, 5.74) is 19.3. The molecule has 1 atom stereocenters. The van der Waals surface area contributed by atoms with E-state index in [0.717, 1.165) is 57.2 Å². The molecule has 3 aliphatic rings. The zero-order chi connectivity index (χ0) is 57.2. The SMILES string of the molecule is Brc1ccc2c(c1)Cc1ccccc1-2.CC1(C)OB(c2cccc(-c3nc(-c4ccccc4)nc(-c4ccccc4)n3)c2)OC1(C)C.P.c1ccc(-c2nc(-c3ccccc3)nc(-c3cccc(-c4ccc5c(c4)Cc4ccccc4-5)c3)n2)cc1. The van der Waals surface area contributed by atoms with Crippen LogP contribution in [0.5, 0.6) is 0 Å². The molecule has 1 unspecified atom stereocenters. The Labute approximate surface area is 509 Å². The van der Waals surface area contributed by atoms with E-state index in [4.69, 9.17) is 39.2 Å². The van der Waals surface area contributed by atoms with Crippen molar-refractivity contribution < 1.29 is 9.31 Å². The minimum atomic E-state index is -0.445. The van der Waals surface area contributed by atoms with Gasteiger partial charge < -0.3 is 9.31 Å². The average molecular weight is 1190 g/mol. The Bertz CT molecular complexity index is 4230. The van der Waals surface area contributed by atoms with Gasteiger partial charge in [-0.25, -0.2) is 29.9 Å². The van der Waals surface area contributed by atoms with E-state index in [2.05, 4.69) is 153 Å². The topological polar surface area (TPSA) is 95.8 Å². The van der Waals surface area contributed by atoms with Crippen molar-refractivity contribution in [1.29, 1.82) is 0 Å². The van der Waals surface area contributed by atoms with Crippen LogP contribution in [0.4, 0.5) is 0 Å². The van der Waals surface area contributed by atoms with Gasteiger partial charge in [-0.05, 0) is 120 Å². The molecule has 0 spiro atoms. The number of benzene rings is 10. The minimum absolute atomic E-state index is 0. The third kappa shape index (κ3) is 12.1. The van der Waals surface area contributed by atoms with Gasteiger partial charge in [-0.15, -0.1) is 0 Å². The van der Waals surface area contributed by atoms with Crippen molar-refractivity contribution in [3.05, 3.63) is 282 Å². The first kappa shape index (κ1) is 56.6. The summed E-state index contributed by atoms with van der Waals surface area (Å²) in [5, 5.41) is 0. The van der Waals surface area contributed by atoms with Gasteiger partial charge in [0.2, 0.25) is 0 Å². The molecule has 2 aromatic heterocycles. The number of rotatable bonds is 8. The fourth-order valence-electron chi connectivity index (χ4n) is 11.0. The van der Waals surface area contributed by atoms with Crippen LogP contribution in [0.25, 0.3) is 102 Å². The van der Waals surface area contributed by atoms with Gasteiger partial charge in [0.25, 0.3) is 0 Å². The summed E-state index contributed by atoms with van der Waals surface area (Å²) in [6.45, 7) is 8.23. The van der Waals surface area contributed by atoms with Gasteiger partial charge in [-0.2, -0.15) is 9.90 Å². The Hall–Kier alpha value is -8.89. The largest absolute Gasteiger partial charge is 0.494 e. The van der Waals surface area contributed by atoms with E-state index in [1.54, 1.807) is 0 Å². The lowest BCUT2D eigenvalue weighted by molar-refractivity contribution is 0.00578. The Balaban J connectivity index is 0.000000135. The molecule has 0 amide bonds. The van der Waals surface area contributed by atoms with Crippen LogP contribution in [0.3, 0.4) is 0 Å². The van der Waals surface area contributed by atoms with Crippen LogP contribution in [0.1, 0.15) is 49.9 Å². The molecule has 85 heavy (non-hydrogen) atoms. The predicted octanol–water partition coefficient (Wildman–Crippen LogP) is 17.4. The molecule has 11 heteroatoms. The van der Waals surface area contributed by atoms with Crippen molar-refractivity contribution >= 4 is 38.4 Å². The van der Waals surface area contributed by atoms with Crippen LogP contribution >= 0.6 is 25.8 Å². The standard InChI is InChI=1S/C34H23N3.C27H26BN3O2.C13H9Br.H3P/c1-3-10-23(11-4-1)32-35-33(24-12-5-2-6-13-24)37-34(36-32)28-16-9-15-25(20-28)26-18-19-31-29(21-26)22-27-14-7-8-17-30(27)31;1-26(2)27(3,4)33-28(32-26)22-17-11-16-21(18-22)25-30-23(19-12-7-5-8-13-19)29-24(31-25)20-14-9-6-10-15-20;14-11-5-6-13-10(8-11)7-9-3-1-2-4-12(9)13;/h1-21H,22H2;5-18H,1-4H3;1-6,8H,7H2;1H3. The van der Waals surface area contributed by atoms with Crippen LogP contribution in [0, 0.1) is 0 Å². The number of aromatic nitrogens is 6. The zero-order valence-corrected chi connectivity index (χ0v) is 50.8. The van der Waals surface area contributed by atoms with Crippen LogP contribution in [0.2, 0.25) is 0 Å². The van der Waals surface area contributed by atoms with E-state index < -0.39 is 18.3 Å². The van der Waals surface area contributed by atoms with Crippen molar-refractivity contribution in [3.8, 4) is 102 Å². The van der Waals surface area contributed by atoms with Gasteiger partial charge in [-0.1, -0.05) is 253 Å². The van der Waals surface area contributed by atoms with Crippen molar-refractivity contribution in [1.82, 2.24) is 29.9 Å². The molecule has 12 aromatic rings. The Morgan fingerprint density at radius 1 is 0.306 bits per heavy atom. The maximum absolute atomic E-state index is 6.25. The highest BCUT2D eigenvalue weighted by molar-refractivity contribution is 9.10. The number of nitrogens with zero attached hydrogens (tertiary/aromatic N) is 6. The van der Waals surface area contributed by atoms with Gasteiger partial charge in [0.05, 0.1) is 11.2 Å². The summed E-state index contributed by atoms with van der Waals surface area (Å²) in [4.78, 5) is 29.0. The first-order chi connectivity index (χ1) is 41.0. The molecule has 15 rings (SSSR count). The molecule has 0 bridgehead atoms. The summed E-state index contributed by atoms with van der Waals surface area (Å²) in [5.74, 6) is 3.90. The number of halogens is 1. The van der Waals surface area contributed by atoms with E-state index in [-0.39, 0.29) is 9.90 Å². The summed E-state index contributed by atoms with van der Waals surface area (Å²) >= 11 is 3.51. The highest BCUT2D eigenvalue weighted by Crippen LogP contribution is 2.41. The van der Waals surface area contributed by atoms with Gasteiger partial charge >= 0.3 is 7.12 Å². The van der Waals surface area contributed by atoms with E-state index in [1.807, 2.05) is 146 Å². The first-order valence-corrected chi connectivity index (χ1v) is 29.2. The van der Waals surface area contributed by atoms with E-state index in [1.165, 1.54) is 54.5 Å². The summed E-state index contributed by atoms with van der Waals surface area (Å²) in [6.07, 6.45) is 2.05.